The lowest BCUT2D eigenvalue weighted by molar-refractivity contribution is -0.135. The standard InChI is InChI=1S/C10H11NO2.C2H6/c1-7(6-10(12)13)8-4-2-3-5-9(8)11;1-2/h2-5H,1,6,11H2,(H,12,13);1-2H3. The van der Waals surface area contributed by atoms with Crippen LogP contribution in [0.25, 0.3) is 5.57 Å². The molecule has 0 bridgehead atoms. The number of para-hydroxylation sites is 1. The summed E-state index contributed by atoms with van der Waals surface area (Å²) in [5.41, 5.74) is 7.45. The Hall–Kier alpha value is -1.77. The lowest BCUT2D eigenvalue weighted by atomic mass is 10.0. The Morgan fingerprint density at radius 2 is 1.93 bits per heavy atom. The van der Waals surface area contributed by atoms with E-state index in [9.17, 15) is 4.79 Å². The first kappa shape index (κ1) is 13.2. The molecule has 1 aromatic carbocycles. The Morgan fingerprint density at radius 1 is 1.40 bits per heavy atom. The third-order valence-corrected chi connectivity index (χ3v) is 1.71. The van der Waals surface area contributed by atoms with Gasteiger partial charge in [0.2, 0.25) is 0 Å². The Bertz CT molecular complexity index is 345. The van der Waals surface area contributed by atoms with Crippen LogP contribution in [0.15, 0.2) is 30.8 Å². The quantitative estimate of drug-likeness (QED) is 0.749. The fourth-order valence-electron chi connectivity index (χ4n) is 1.10. The van der Waals surface area contributed by atoms with Crippen molar-refractivity contribution in [3.8, 4) is 0 Å². The number of rotatable bonds is 3. The molecule has 3 heteroatoms. The molecule has 15 heavy (non-hydrogen) atoms. The van der Waals surface area contributed by atoms with E-state index in [-0.39, 0.29) is 6.42 Å². The predicted molar refractivity (Wildman–Crippen MR) is 63.5 cm³/mol. The van der Waals surface area contributed by atoms with Gasteiger partial charge in [-0.25, -0.2) is 0 Å². The van der Waals surface area contributed by atoms with Gasteiger partial charge in [-0.1, -0.05) is 38.6 Å². The molecule has 0 atom stereocenters. The van der Waals surface area contributed by atoms with Crippen LogP contribution in [0.1, 0.15) is 25.8 Å². The first-order valence-electron chi connectivity index (χ1n) is 4.85. The van der Waals surface area contributed by atoms with Crippen LogP contribution in [0.5, 0.6) is 0 Å². The molecule has 0 amide bonds. The van der Waals surface area contributed by atoms with Crippen molar-refractivity contribution in [3.05, 3.63) is 36.4 Å². The summed E-state index contributed by atoms with van der Waals surface area (Å²) < 4.78 is 0. The largest absolute Gasteiger partial charge is 0.481 e. The average molecular weight is 207 g/mol. The van der Waals surface area contributed by atoms with Crippen molar-refractivity contribution in [2.24, 2.45) is 0 Å². The third-order valence-electron chi connectivity index (χ3n) is 1.71. The second-order valence-corrected chi connectivity index (χ2v) is 2.76. The fourth-order valence-corrected chi connectivity index (χ4v) is 1.10. The maximum atomic E-state index is 10.4. The van der Waals surface area contributed by atoms with E-state index in [2.05, 4.69) is 6.58 Å². The van der Waals surface area contributed by atoms with Crippen LogP contribution in [0.3, 0.4) is 0 Å². The van der Waals surface area contributed by atoms with E-state index < -0.39 is 5.97 Å². The number of benzene rings is 1. The molecule has 0 heterocycles. The molecule has 1 aromatic rings. The van der Waals surface area contributed by atoms with Crippen LogP contribution in [0.2, 0.25) is 0 Å². The maximum absolute atomic E-state index is 10.4. The molecule has 1 rings (SSSR count). The highest BCUT2D eigenvalue weighted by atomic mass is 16.4. The van der Waals surface area contributed by atoms with Gasteiger partial charge < -0.3 is 10.8 Å². The van der Waals surface area contributed by atoms with Gasteiger partial charge in [0, 0.05) is 11.3 Å². The number of hydrogen-bond donors (Lipinski definition) is 2. The van der Waals surface area contributed by atoms with Gasteiger partial charge in [0.15, 0.2) is 0 Å². The molecule has 3 N–H and O–H groups in total. The van der Waals surface area contributed by atoms with Crippen molar-refractivity contribution in [2.75, 3.05) is 5.73 Å². The van der Waals surface area contributed by atoms with Gasteiger partial charge in [-0.05, 0) is 11.6 Å². The van der Waals surface area contributed by atoms with Crippen molar-refractivity contribution in [1.82, 2.24) is 0 Å². The number of nitrogens with two attached hydrogens (primary N) is 1. The molecule has 0 saturated heterocycles. The zero-order chi connectivity index (χ0) is 11.8. The fraction of sp³-hybridized carbons (Fsp3) is 0.250. The minimum atomic E-state index is -0.895. The highest BCUT2D eigenvalue weighted by Gasteiger charge is 2.06. The lowest BCUT2D eigenvalue weighted by Gasteiger charge is -2.05. The zero-order valence-electron chi connectivity index (χ0n) is 9.16. The number of carbonyl (C=O) groups is 1. The van der Waals surface area contributed by atoms with E-state index in [1.807, 2.05) is 13.8 Å². The van der Waals surface area contributed by atoms with E-state index in [1.54, 1.807) is 24.3 Å². The molecule has 0 radical (unpaired) electrons. The summed E-state index contributed by atoms with van der Waals surface area (Å²) in [5, 5.41) is 8.53. The molecular weight excluding hydrogens is 190 g/mol. The number of carboxylic acid groups (broad SMARTS) is 1. The van der Waals surface area contributed by atoms with Crippen LogP contribution in [-0.2, 0) is 4.79 Å². The number of hydrogen-bond acceptors (Lipinski definition) is 2. The number of carboxylic acids is 1. The van der Waals surface area contributed by atoms with Crippen molar-refractivity contribution in [1.29, 1.82) is 0 Å². The summed E-state index contributed by atoms with van der Waals surface area (Å²) in [6.45, 7) is 7.67. The Balaban J connectivity index is 0.000000921. The van der Waals surface area contributed by atoms with Crippen LogP contribution >= 0.6 is 0 Å². The first-order chi connectivity index (χ1) is 7.11. The maximum Gasteiger partial charge on any atom is 0.307 e. The lowest BCUT2D eigenvalue weighted by Crippen LogP contribution is -1.98. The second-order valence-electron chi connectivity index (χ2n) is 2.76. The Kier molecular flexibility index (Phi) is 5.86. The van der Waals surface area contributed by atoms with Crippen LogP contribution < -0.4 is 5.73 Å². The third kappa shape index (κ3) is 4.31. The van der Waals surface area contributed by atoms with Gasteiger partial charge >= 0.3 is 5.97 Å². The van der Waals surface area contributed by atoms with E-state index >= 15 is 0 Å². The highest BCUT2D eigenvalue weighted by molar-refractivity contribution is 5.86. The monoisotopic (exact) mass is 207 g/mol. The van der Waals surface area contributed by atoms with Gasteiger partial charge in [0.05, 0.1) is 6.42 Å². The topological polar surface area (TPSA) is 63.3 Å². The SMILES string of the molecule is C=C(CC(=O)O)c1ccccc1N.CC. The van der Waals surface area contributed by atoms with E-state index in [4.69, 9.17) is 10.8 Å². The number of aliphatic carboxylic acids is 1. The molecule has 0 aliphatic carbocycles. The minimum Gasteiger partial charge on any atom is -0.481 e. The summed E-state index contributed by atoms with van der Waals surface area (Å²) in [5.74, 6) is -0.895. The molecule has 0 spiro atoms. The minimum absolute atomic E-state index is 0.0752. The van der Waals surface area contributed by atoms with E-state index in [0.29, 0.717) is 16.8 Å². The molecule has 0 fully saturated rings. The molecular formula is C12H17NO2. The summed E-state index contributed by atoms with van der Waals surface area (Å²) in [7, 11) is 0. The van der Waals surface area contributed by atoms with Crippen molar-refractivity contribution >= 4 is 17.2 Å². The zero-order valence-corrected chi connectivity index (χ0v) is 9.16. The van der Waals surface area contributed by atoms with Gasteiger partial charge in [-0.3, -0.25) is 4.79 Å². The van der Waals surface area contributed by atoms with E-state index in [1.165, 1.54) is 0 Å². The van der Waals surface area contributed by atoms with Crippen LogP contribution in [0, 0.1) is 0 Å². The van der Waals surface area contributed by atoms with Crippen LogP contribution in [-0.4, -0.2) is 11.1 Å². The smallest absolute Gasteiger partial charge is 0.307 e. The van der Waals surface area contributed by atoms with Gasteiger partial charge in [0.25, 0.3) is 0 Å². The number of anilines is 1. The molecule has 0 aliphatic rings. The van der Waals surface area contributed by atoms with Crippen LogP contribution in [0.4, 0.5) is 5.69 Å². The van der Waals surface area contributed by atoms with Gasteiger partial charge in [-0.2, -0.15) is 0 Å². The highest BCUT2D eigenvalue weighted by Crippen LogP contribution is 2.21. The average Bonchev–Trinajstić information content (AvgIpc) is 2.20. The molecule has 0 aliphatic heterocycles. The predicted octanol–water partition coefficient (Wildman–Crippen LogP) is 2.78. The van der Waals surface area contributed by atoms with Crippen molar-refractivity contribution in [2.45, 2.75) is 20.3 Å². The van der Waals surface area contributed by atoms with Gasteiger partial charge in [0.1, 0.15) is 0 Å². The van der Waals surface area contributed by atoms with Gasteiger partial charge in [-0.15, -0.1) is 0 Å². The molecule has 0 saturated carbocycles. The second kappa shape index (κ2) is 6.65. The Labute approximate surface area is 90.2 Å². The summed E-state index contributed by atoms with van der Waals surface area (Å²) in [4.78, 5) is 10.4. The normalized spacial score (nSPS) is 8.67. The summed E-state index contributed by atoms with van der Waals surface area (Å²) in [6, 6.07) is 7.09. The molecule has 3 nitrogen and oxygen atoms in total. The molecule has 82 valence electrons. The Morgan fingerprint density at radius 3 is 2.40 bits per heavy atom. The summed E-state index contributed by atoms with van der Waals surface area (Å²) >= 11 is 0. The van der Waals surface area contributed by atoms with Crippen molar-refractivity contribution in [3.63, 3.8) is 0 Å². The molecule has 0 unspecified atom stereocenters. The molecule has 0 aromatic heterocycles. The summed E-state index contributed by atoms with van der Waals surface area (Å²) in [6.07, 6.45) is -0.0752. The van der Waals surface area contributed by atoms with Crippen molar-refractivity contribution < 1.29 is 9.90 Å². The first-order valence-corrected chi connectivity index (χ1v) is 4.85. The van der Waals surface area contributed by atoms with E-state index in [0.717, 1.165) is 0 Å². The number of nitrogen functional groups attached to an aromatic ring is 1.